The molecule has 0 saturated heterocycles. The van der Waals surface area contributed by atoms with Crippen molar-refractivity contribution in [1.29, 1.82) is 0 Å². The third kappa shape index (κ3) is 2.74. The Bertz CT molecular complexity index is 875. The monoisotopic (exact) mass is 382 g/mol. The van der Waals surface area contributed by atoms with Gasteiger partial charge in [0.2, 0.25) is 5.88 Å². The van der Waals surface area contributed by atoms with Gasteiger partial charge in [-0.05, 0) is 28.1 Å². The van der Waals surface area contributed by atoms with Gasteiger partial charge in [0.1, 0.15) is 5.56 Å². The van der Waals surface area contributed by atoms with Crippen molar-refractivity contribution >= 4 is 38.9 Å². The van der Waals surface area contributed by atoms with Gasteiger partial charge in [0, 0.05) is 20.4 Å². The molecule has 0 bridgehead atoms. The molecule has 4 nitrogen and oxygen atoms in total. The van der Waals surface area contributed by atoms with E-state index in [0.717, 1.165) is 9.35 Å². The van der Waals surface area contributed by atoms with E-state index < -0.39 is 5.56 Å². The number of benzene rings is 1. The molecular weight excluding hydrogens is 376 g/mol. The Hall–Kier alpha value is -1.63. The van der Waals surface area contributed by atoms with Crippen LogP contribution in [0.5, 0.6) is 5.88 Å². The predicted molar refractivity (Wildman–Crippen MR) is 88.0 cm³/mol. The average molecular weight is 384 g/mol. The van der Waals surface area contributed by atoms with E-state index in [2.05, 4.69) is 25.9 Å². The fourth-order valence-corrected chi connectivity index (χ4v) is 3.52. The molecular formula is C14H8BrClN2O2S. The van der Waals surface area contributed by atoms with Gasteiger partial charge in [0.25, 0.3) is 5.56 Å². The molecule has 0 atom stereocenters. The van der Waals surface area contributed by atoms with Crippen LogP contribution >= 0.6 is 38.9 Å². The van der Waals surface area contributed by atoms with E-state index in [0.29, 0.717) is 16.4 Å². The fraction of sp³-hybridized carbons (Fsp3) is 0. The summed E-state index contributed by atoms with van der Waals surface area (Å²) in [7, 11) is 0. The molecule has 0 saturated carbocycles. The molecule has 1 aromatic carbocycles. The fourth-order valence-electron chi connectivity index (χ4n) is 1.92. The van der Waals surface area contributed by atoms with E-state index in [9.17, 15) is 9.90 Å². The number of nitrogens with zero attached hydrogens (tertiary/aromatic N) is 1. The lowest BCUT2D eigenvalue weighted by Crippen LogP contribution is -2.12. The van der Waals surface area contributed by atoms with Crippen LogP contribution < -0.4 is 5.56 Å². The van der Waals surface area contributed by atoms with Crippen LogP contribution in [0.3, 0.4) is 0 Å². The molecule has 7 heteroatoms. The number of aromatic nitrogens is 2. The molecule has 0 aliphatic heterocycles. The molecule has 3 aromatic rings. The van der Waals surface area contributed by atoms with E-state index in [1.807, 2.05) is 11.4 Å². The van der Waals surface area contributed by atoms with Crippen molar-refractivity contribution < 1.29 is 5.11 Å². The van der Waals surface area contributed by atoms with Crippen molar-refractivity contribution in [3.8, 4) is 27.7 Å². The average Bonchev–Trinajstić information content (AvgIpc) is 2.87. The molecule has 0 aliphatic rings. The zero-order valence-electron chi connectivity index (χ0n) is 10.4. The summed E-state index contributed by atoms with van der Waals surface area (Å²) in [5, 5.41) is 12.4. The van der Waals surface area contributed by atoms with E-state index in [-0.39, 0.29) is 11.4 Å². The number of thiophene rings is 1. The molecule has 3 rings (SSSR count). The lowest BCUT2D eigenvalue weighted by Gasteiger charge is -2.06. The largest absolute Gasteiger partial charge is 0.493 e. The number of aromatic hydroxyl groups is 1. The van der Waals surface area contributed by atoms with Gasteiger partial charge < -0.3 is 10.1 Å². The quantitative estimate of drug-likeness (QED) is 0.694. The van der Waals surface area contributed by atoms with Gasteiger partial charge in [-0.25, -0.2) is 0 Å². The van der Waals surface area contributed by atoms with E-state index in [1.165, 1.54) is 11.3 Å². The molecule has 0 amide bonds. The van der Waals surface area contributed by atoms with Gasteiger partial charge in [-0.3, -0.25) is 4.79 Å². The maximum Gasteiger partial charge on any atom is 0.263 e. The first kappa shape index (κ1) is 14.3. The second kappa shape index (κ2) is 5.63. The summed E-state index contributed by atoms with van der Waals surface area (Å²) >= 11 is 10.8. The van der Waals surface area contributed by atoms with Gasteiger partial charge >= 0.3 is 0 Å². The standard InChI is InChI=1S/C14H8BrClN2O2S/c15-7-5-10(21-6-7)12-17-13(19)11(14(20)18-12)8-3-1-2-4-9(8)16/h1-6H,(H2,17,18,19,20). The minimum atomic E-state index is -0.435. The zero-order chi connectivity index (χ0) is 15.0. The minimum Gasteiger partial charge on any atom is -0.493 e. The lowest BCUT2D eigenvalue weighted by atomic mass is 10.1. The number of rotatable bonds is 2. The molecule has 0 aliphatic carbocycles. The summed E-state index contributed by atoms with van der Waals surface area (Å²) in [6, 6.07) is 8.62. The third-order valence-corrected chi connectivity index (χ3v) is 4.87. The molecule has 0 spiro atoms. The highest BCUT2D eigenvalue weighted by atomic mass is 79.9. The Balaban J connectivity index is 2.18. The van der Waals surface area contributed by atoms with Crippen LogP contribution in [-0.4, -0.2) is 15.1 Å². The first-order chi connectivity index (χ1) is 10.1. The molecule has 21 heavy (non-hydrogen) atoms. The molecule has 0 fully saturated rings. The molecule has 0 radical (unpaired) electrons. The van der Waals surface area contributed by atoms with Crippen molar-refractivity contribution in [3.63, 3.8) is 0 Å². The number of hydrogen-bond acceptors (Lipinski definition) is 4. The Kier molecular flexibility index (Phi) is 3.84. The molecule has 0 unspecified atom stereocenters. The van der Waals surface area contributed by atoms with E-state index in [4.69, 9.17) is 11.6 Å². The van der Waals surface area contributed by atoms with Gasteiger partial charge in [-0.1, -0.05) is 29.8 Å². The Morgan fingerprint density at radius 1 is 1.33 bits per heavy atom. The Morgan fingerprint density at radius 2 is 2.10 bits per heavy atom. The zero-order valence-corrected chi connectivity index (χ0v) is 13.6. The topological polar surface area (TPSA) is 66.0 Å². The Morgan fingerprint density at radius 3 is 2.71 bits per heavy atom. The molecule has 2 aromatic heterocycles. The van der Waals surface area contributed by atoms with Crippen LogP contribution in [0.15, 0.2) is 45.0 Å². The van der Waals surface area contributed by atoms with Crippen molar-refractivity contribution in [2.75, 3.05) is 0 Å². The third-order valence-electron chi connectivity index (χ3n) is 2.84. The minimum absolute atomic E-state index is 0.0694. The van der Waals surface area contributed by atoms with Gasteiger partial charge in [-0.2, -0.15) is 4.98 Å². The number of hydrogen-bond donors (Lipinski definition) is 2. The summed E-state index contributed by atoms with van der Waals surface area (Å²) in [5.74, 6) is -0.0182. The first-order valence-electron chi connectivity index (χ1n) is 5.89. The molecule has 2 N–H and O–H groups in total. The number of aromatic amines is 1. The summed E-state index contributed by atoms with van der Waals surface area (Å²) in [6.07, 6.45) is 0. The summed E-state index contributed by atoms with van der Waals surface area (Å²) in [6.45, 7) is 0. The summed E-state index contributed by atoms with van der Waals surface area (Å²) in [4.78, 5) is 19.8. The van der Waals surface area contributed by atoms with E-state index in [1.54, 1.807) is 24.3 Å². The van der Waals surface area contributed by atoms with Crippen LogP contribution in [0.4, 0.5) is 0 Å². The lowest BCUT2D eigenvalue weighted by molar-refractivity contribution is 0.454. The number of H-pyrrole nitrogens is 1. The van der Waals surface area contributed by atoms with Crippen molar-refractivity contribution in [2.45, 2.75) is 0 Å². The summed E-state index contributed by atoms with van der Waals surface area (Å²) in [5.41, 5.74) is 0.0828. The molecule has 2 heterocycles. The highest BCUT2D eigenvalue weighted by Crippen LogP contribution is 2.32. The summed E-state index contributed by atoms with van der Waals surface area (Å²) < 4.78 is 0.889. The maximum atomic E-state index is 12.3. The van der Waals surface area contributed by atoms with Crippen LogP contribution in [0.1, 0.15) is 0 Å². The van der Waals surface area contributed by atoms with Crippen LogP contribution in [0.2, 0.25) is 5.02 Å². The van der Waals surface area contributed by atoms with Crippen molar-refractivity contribution in [3.05, 3.63) is 55.6 Å². The van der Waals surface area contributed by atoms with Crippen molar-refractivity contribution in [1.82, 2.24) is 9.97 Å². The van der Waals surface area contributed by atoms with Gasteiger partial charge in [0.05, 0.1) is 4.88 Å². The first-order valence-corrected chi connectivity index (χ1v) is 7.94. The highest BCUT2D eigenvalue weighted by molar-refractivity contribution is 9.10. The number of nitrogens with one attached hydrogen (secondary N) is 1. The van der Waals surface area contributed by atoms with Crippen LogP contribution in [-0.2, 0) is 0 Å². The SMILES string of the molecule is O=c1[nH]c(-c2cc(Br)cs2)nc(O)c1-c1ccccc1Cl. The second-order valence-electron chi connectivity index (χ2n) is 4.22. The highest BCUT2D eigenvalue weighted by Gasteiger charge is 2.16. The second-order valence-corrected chi connectivity index (χ2v) is 6.46. The maximum absolute atomic E-state index is 12.3. The van der Waals surface area contributed by atoms with Gasteiger partial charge in [-0.15, -0.1) is 11.3 Å². The smallest absolute Gasteiger partial charge is 0.263 e. The Labute approximate surface area is 137 Å². The van der Waals surface area contributed by atoms with Crippen LogP contribution in [0.25, 0.3) is 21.8 Å². The normalized spacial score (nSPS) is 10.8. The predicted octanol–water partition coefficient (Wildman–Crippen LogP) is 4.29. The van der Waals surface area contributed by atoms with Crippen molar-refractivity contribution in [2.24, 2.45) is 0 Å². The van der Waals surface area contributed by atoms with Gasteiger partial charge in [0.15, 0.2) is 5.82 Å². The van der Waals surface area contributed by atoms with E-state index >= 15 is 0 Å². The van der Waals surface area contributed by atoms with Crippen LogP contribution in [0, 0.1) is 0 Å². The number of halogens is 2. The molecule has 106 valence electrons.